The fraction of sp³-hybridized carbons (Fsp3) is 0.763. The average molecular weight is 1000 g/mol. The van der Waals surface area contributed by atoms with E-state index in [1.54, 1.807) is 0 Å². The van der Waals surface area contributed by atoms with Crippen LogP contribution in [0.4, 0.5) is 0 Å². The van der Waals surface area contributed by atoms with E-state index in [2.05, 4.69) is 81.5 Å². The molecule has 0 amide bonds. The van der Waals surface area contributed by atoms with Crippen LogP contribution in [0.3, 0.4) is 0 Å². The summed E-state index contributed by atoms with van der Waals surface area (Å²) in [6.45, 7) is 5.82. The third-order valence-corrected chi connectivity index (χ3v) is 12.6. The Bertz CT molecular complexity index is 1470. The largest absolute Gasteiger partial charge is 0.479 e. The number of ether oxygens (including phenoxy) is 5. The minimum atomic E-state index is -1.91. The van der Waals surface area contributed by atoms with E-state index in [0.29, 0.717) is 19.3 Å². The van der Waals surface area contributed by atoms with Gasteiger partial charge in [-0.2, -0.15) is 0 Å². The predicted molar refractivity (Wildman–Crippen MR) is 285 cm³/mol. The van der Waals surface area contributed by atoms with Crippen molar-refractivity contribution in [1.82, 2.24) is 0 Å². The summed E-state index contributed by atoms with van der Waals surface area (Å²) in [5, 5.41) is 31.4. The zero-order chi connectivity index (χ0) is 51.8. The first-order valence-corrected chi connectivity index (χ1v) is 28.3. The molecule has 6 unspecified atom stereocenters. The standard InChI is InChI=1S/C59H100O12/c1-4-7-10-13-16-19-22-24-26-28-31-33-36-39-42-45-51(60)67-48-50(69-52(61)46-43-40-37-34-30-21-18-15-12-9-6-3)49-68-59-57(55(64)54(63)56(71-59)58(65)66)70-53(62)47-44-41-38-35-32-29-27-25-23-20-17-14-11-8-5-2/h8,11,16-17,19-20,24-27,50,54-57,59,63-64H,4-7,9-10,12-15,18,21-23,28-49H2,1-3H3,(H,65,66)/b11-8-,19-16-,20-17-,26-24-,27-25-. The number of allylic oxidation sites excluding steroid dienone is 10. The molecule has 1 aliphatic rings. The van der Waals surface area contributed by atoms with Crippen molar-refractivity contribution >= 4 is 23.9 Å². The number of rotatable bonds is 47. The summed E-state index contributed by atoms with van der Waals surface area (Å²) in [7, 11) is 0. The summed E-state index contributed by atoms with van der Waals surface area (Å²) in [6, 6.07) is 0. The number of esters is 3. The van der Waals surface area contributed by atoms with E-state index >= 15 is 0 Å². The highest BCUT2D eigenvalue weighted by molar-refractivity contribution is 5.74. The maximum Gasteiger partial charge on any atom is 0.335 e. The number of hydrogen-bond acceptors (Lipinski definition) is 11. The van der Waals surface area contributed by atoms with Gasteiger partial charge in [0.1, 0.15) is 18.8 Å². The highest BCUT2D eigenvalue weighted by Gasteiger charge is 2.50. The minimum Gasteiger partial charge on any atom is -0.479 e. The monoisotopic (exact) mass is 1000 g/mol. The van der Waals surface area contributed by atoms with E-state index in [0.717, 1.165) is 116 Å². The highest BCUT2D eigenvalue weighted by atomic mass is 16.7. The van der Waals surface area contributed by atoms with Crippen LogP contribution in [0.1, 0.15) is 239 Å². The summed E-state index contributed by atoms with van der Waals surface area (Å²) in [6.07, 6.45) is 44.8. The molecule has 0 aromatic heterocycles. The molecule has 0 spiro atoms. The maximum atomic E-state index is 13.1. The van der Waals surface area contributed by atoms with E-state index in [9.17, 15) is 34.5 Å². The lowest BCUT2D eigenvalue weighted by atomic mass is 9.98. The Morgan fingerprint density at radius 3 is 1.38 bits per heavy atom. The molecule has 1 aliphatic heterocycles. The molecule has 71 heavy (non-hydrogen) atoms. The quantitative estimate of drug-likeness (QED) is 0.0228. The Hall–Kier alpha value is -3.58. The molecule has 408 valence electrons. The summed E-state index contributed by atoms with van der Waals surface area (Å²) in [5.74, 6) is -3.15. The normalized spacial score (nSPS) is 18.9. The fourth-order valence-corrected chi connectivity index (χ4v) is 8.24. The second kappa shape index (κ2) is 47.4. The molecule has 1 rings (SSSR count). The highest BCUT2D eigenvalue weighted by Crippen LogP contribution is 2.26. The molecule has 6 atom stereocenters. The van der Waals surface area contributed by atoms with Gasteiger partial charge in [-0.05, 0) is 83.5 Å². The van der Waals surface area contributed by atoms with Gasteiger partial charge in [-0.1, -0.05) is 197 Å². The molecule has 3 N–H and O–H groups in total. The van der Waals surface area contributed by atoms with Gasteiger partial charge in [0.15, 0.2) is 24.6 Å². The van der Waals surface area contributed by atoms with Crippen molar-refractivity contribution < 1.29 is 58.2 Å². The topological polar surface area (TPSA) is 175 Å². The molecule has 0 saturated carbocycles. The van der Waals surface area contributed by atoms with Gasteiger partial charge in [-0.15, -0.1) is 0 Å². The van der Waals surface area contributed by atoms with Crippen molar-refractivity contribution in [2.75, 3.05) is 13.2 Å². The van der Waals surface area contributed by atoms with Crippen LogP contribution in [0.25, 0.3) is 0 Å². The summed E-state index contributed by atoms with van der Waals surface area (Å²) >= 11 is 0. The molecular formula is C59H100O12. The Balaban J connectivity index is 2.71. The van der Waals surface area contributed by atoms with Crippen LogP contribution in [0, 0.1) is 0 Å². The van der Waals surface area contributed by atoms with E-state index < -0.39 is 67.3 Å². The lowest BCUT2D eigenvalue weighted by molar-refractivity contribution is -0.301. The van der Waals surface area contributed by atoms with Crippen molar-refractivity contribution in [3.8, 4) is 0 Å². The van der Waals surface area contributed by atoms with Gasteiger partial charge in [0.25, 0.3) is 0 Å². The van der Waals surface area contributed by atoms with Crippen LogP contribution in [0.2, 0.25) is 0 Å². The lowest BCUT2D eigenvalue weighted by Gasteiger charge is -2.40. The van der Waals surface area contributed by atoms with Gasteiger partial charge < -0.3 is 39.0 Å². The number of aliphatic hydroxyl groups is 2. The number of carboxylic acid groups (broad SMARTS) is 1. The van der Waals surface area contributed by atoms with Gasteiger partial charge in [0, 0.05) is 19.3 Å². The van der Waals surface area contributed by atoms with E-state index in [1.165, 1.54) is 64.2 Å². The third-order valence-electron chi connectivity index (χ3n) is 12.6. The number of unbranched alkanes of at least 4 members (excludes halogenated alkanes) is 23. The summed E-state index contributed by atoms with van der Waals surface area (Å²) < 4.78 is 28.3. The maximum absolute atomic E-state index is 13.1. The fourth-order valence-electron chi connectivity index (χ4n) is 8.24. The molecule has 0 aromatic carbocycles. The number of aliphatic hydroxyl groups excluding tert-OH is 2. The minimum absolute atomic E-state index is 0.0397. The van der Waals surface area contributed by atoms with Crippen molar-refractivity contribution in [1.29, 1.82) is 0 Å². The Labute approximate surface area is 430 Å². The zero-order valence-corrected chi connectivity index (χ0v) is 44.7. The van der Waals surface area contributed by atoms with Gasteiger partial charge in [-0.3, -0.25) is 14.4 Å². The average Bonchev–Trinajstić information content (AvgIpc) is 3.35. The molecule has 1 saturated heterocycles. The number of carbonyl (C=O) groups is 4. The van der Waals surface area contributed by atoms with Crippen LogP contribution in [0.15, 0.2) is 60.8 Å². The first-order chi connectivity index (χ1) is 34.6. The van der Waals surface area contributed by atoms with Crippen molar-refractivity contribution in [3.63, 3.8) is 0 Å². The van der Waals surface area contributed by atoms with Crippen molar-refractivity contribution in [3.05, 3.63) is 60.8 Å². The van der Waals surface area contributed by atoms with Crippen molar-refractivity contribution in [2.45, 2.75) is 276 Å². The second-order valence-electron chi connectivity index (χ2n) is 19.2. The first-order valence-electron chi connectivity index (χ1n) is 28.3. The van der Waals surface area contributed by atoms with E-state index in [4.69, 9.17) is 23.7 Å². The van der Waals surface area contributed by atoms with Crippen LogP contribution >= 0.6 is 0 Å². The lowest BCUT2D eigenvalue weighted by Crippen LogP contribution is -2.61. The number of carboxylic acids is 1. The molecule has 1 fully saturated rings. The van der Waals surface area contributed by atoms with Gasteiger partial charge >= 0.3 is 23.9 Å². The number of hydrogen-bond donors (Lipinski definition) is 3. The first kappa shape index (κ1) is 65.4. The second-order valence-corrected chi connectivity index (χ2v) is 19.2. The molecule has 1 heterocycles. The Morgan fingerprint density at radius 2 is 0.887 bits per heavy atom. The van der Waals surface area contributed by atoms with E-state index in [-0.39, 0.29) is 25.9 Å². The predicted octanol–water partition coefficient (Wildman–Crippen LogP) is 14.0. The van der Waals surface area contributed by atoms with Gasteiger partial charge in [-0.25, -0.2) is 4.79 Å². The molecule has 0 radical (unpaired) electrons. The van der Waals surface area contributed by atoms with Crippen molar-refractivity contribution in [2.24, 2.45) is 0 Å². The zero-order valence-electron chi connectivity index (χ0n) is 44.7. The van der Waals surface area contributed by atoms with Gasteiger partial charge in [0.05, 0.1) is 6.61 Å². The molecular weight excluding hydrogens is 901 g/mol. The molecule has 0 bridgehead atoms. The number of carbonyl (C=O) groups excluding carboxylic acids is 3. The molecule has 12 heteroatoms. The molecule has 0 aliphatic carbocycles. The van der Waals surface area contributed by atoms with Crippen LogP contribution < -0.4 is 0 Å². The molecule has 12 nitrogen and oxygen atoms in total. The summed E-state index contributed by atoms with van der Waals surface area (Å²) in [4.78, 5) is 51.0. The van der Waals surface area contributed by atoms with Crippen LogP contribution in [-0.4, -0.2) is 89.2 Å². The third kappa shape index (κ3) is 37.8. The van der Waals surface area contributed by atoms with Crippen LogP contribution in [-0.2, 0) is 42.9 Å². The number of aliphatic carboxylic acids is 1. The smallest absolute Gasteiger partial charge is 0.335 e. The summed E-state index contributed by atoms with van der Waals surface area (Å²) in [5.41, 5.74) is 0. The Kier molecular flexibility index (Phi) is 43.7. The van der Waals surface area contributed by atoms with Gasteiger partial charge in [0.2, 0.25) is 0 Å². The van der Waals surface area contributed by atoms with E-state index in [1.807, 2.05) is 0 Å². The van der Waals surface area contributed by atoms with Crippen LogP contribution in [0.5, 0.6) is 0 Å². The molecule has 0 aromatic rings. The Morgan fingerprint density at radius 1 is 0.479 bits per heavy atom. The SMILES string of the molecule is CC/C=C\C/C=C\C/C=C\CCCCCCCC(=O)OC1C(OCC(COC(=O)CCCCCCC/C=C\C/C=C\CCCCC)OC(=O)CCCCCCCCCCCCC)OC(C(=O)O)C(O)C1O.